The summed E-state index contributed by atoms with van der Waals surface area (Å²) in [6.45, 7) is 7.45. The molecule has 1 aromatic heterocycles. The topological polar surface area (TPSA) is 37.4 Å². The van der Waals surface area contributed by atoms with E-state index in [2.05, 4.69) is 29.0 Å². The predicted molar refractivity (Wildman–Crippen MR) is 79.8 cm³/mol. The van der Waals surface area contributed by atoms with Crippen LogP contribution in [0.25, 0.3) is 0 Å². The molecule has 5 heteroatoms. The first-order valence-corrected chi connectivity index (χ1v) is 7.00. The summed E-state index contributed by atoms with van der Waals surface area (Å²) in [7, 11) is 4.03. The van der Waals surface area contributed by atoms with Crippen LogP contribution in [-0.4, -0.2) is 43.7 Å². The minimum Gasteiger partial charge on any atom is -0.476 e. The zero-order valence-electron chi connectivity index (χ0n) is 12.2. The number of likely N-dealkylation sites (N-methyl/N-ethyl adjacent to an activating group) is 1. The molecule has 0 aliphatic heterocycles. The molecule has 0 aromatic carbocycles. The molecule has 1 heterocycles. The van der Waals surface area contributed by atoms with Gasteiger partial charge in [0.2, 0.25) is 5.88 Å². The maximum atomic E-state index is 6.13. The first kappa shape index (κ1) is 16.2. The third kappa shape index (κ3) is 6.76. The van der Waals surface area contributed by atoms with Crippen molar-refractivity contribution in [2.45, 2.75) is 20.4 Å². The third-order valence-corrected chi connectivity index (χ3v) is 2.87. The highest BCUT2D eigenvalue weighted by molar-refractivity contribution is 6.31. The highest BCUT2D eigenvalue weighted by Gasteiger charge is 2.05. The molecule has 1 aromatic rings. The van der Waals surface area contributed by atoms with Gasteiger partial charge in [0, 0.05) is 19.2 Å². The van der Waals surface area contributed by atoms with Gasteiger partial charge in [-0.25, -0.2) is 4.98 Å². The van der Waals surface area contributed by atoms with E-state index in [1.54, 1.807) is 0 Å². The van der Waals surface area contributed by atoms with Gasteiger partial charge in [-0.05, 0) is 32.6 Å². The fraction of sp³-hybridized carbons (Fsp3) is 0.643. The van der Waals surface area contributed by atoms with Gasteiger partial charge < -0.3 is 15.0 Å². The summed E-state index contributed by atoms with van der Waals surface area (Å²) in [6.07, 6.45) is 0. The second kappa shape index (κ2) is 8.35. The van der Waals surface area contributed by atoms with Crippen molar-refractivity contribution in [2.24, 2.45) is 5.92 Å². The van der Waals surface area contributed by atoms with Gasteiger partial charge >= 0.3 is 0 Å². The summed E-state index contributed by atoms with van der Waals surface area (Å²) < 4.78 is 5.60. The quantitative estimate of drug-likeness (QED) is 0.796. The lowest BCUT2D eigenvalue weighted by molar-refractivity contribution is 0.253. The molecule has 0 bridgehead atoms. The first-order chi connectivity index (χ1) is 8.99. The Labute approximate surface area is 121 Å². The number of halogens is 1. The Morgan fingerprint density at radius 1 is 1.37 bits per heavy atom. The zero-order chi connectivity index (χ0) is 14.3. The average molecular weight is 286 g/mol. The number of hydrogen-bond donors (Lipinski definition) is 1. The number of nitrogens with one attached hydrogen (secondary N) is 1. The van der Waals surface area contributed by atoms with Gasteiger partial charge in [0.25, 0.3) is 0 Å². The molecule has 0 spiro atoms. The van der Waals surface area contributed by atoms with E-state index in [-0.39, 0.29) is 0 Å². The van der Waals surface area contributed by atoms with Crippen LogP contribution in [0.5, 0.6) is 5.88 Å². The van der Waals surface area contributed by atoms with Gasteiger partial charge in [-0.15, -0.1) is 0 Å². The number of rotatable bonds is 8. The molecule has 0 saturated heterocycles. The van der Waals surface area contributed by atoms with Crippen LogP contribution in [0.15, 0.2) is 12.1 Å². The van der Waals surface area contributed by atoms with Crippen LogP contribution in [0.1, 0.15) is 19.5 Å². The van der Waals surface area contributed by atoms with E-state index in [9.17, 15) is 0 Å². The number of nitrogens with zero attached hydrogens (tertiary/aromatic N) is 2. The highest BCUT2D eigenvalue weighted by Crippen LogP contribution is 2.18. The van der Waals surface area contributed by atoms with Crippen molar-refractivity contribution >= 4 is 11.6 Å². The van der Waals surface area contributed by atoms with Crippen molar-refractivity contribution in [3.8, 4) is 5.88 Å². The van der Waals surface area contributed by atoms with Crippen LogP contribution in [0, 0.1) is 5.92 Å². The van der Waals surface area contributed by atoms with Crippen molar-refractivity contribution in [1.29, 1.82) is 0 Å². The van der Waals surface area contributed by atoms with E-state index < -0.39 is 0 Å². The van der Waals surface area contributed by atoms with Crippen molar-refractivity contribution in [3.05, 3.63) is 22.8 Å². The zero-order valence-corrected chi connectivity index (χ0v) is 13.0. The molecule has 4 nitrogen and oxygen atoms in total. The summed E-state index contributed by atoms with van der Waals surface area (Å²) in [5.74, 6) is 1.24. The standard InChI is InChI=1S/C14H24ClN3O/c1-11(2)9-16-10-13-12(15)5-6-14(17-13)19-8-7-18(3)4/h5-6,11,16H,7-10H2,1-4H3. The van der Waals surface area contributed by atoms with Crippen LogP contribution in [0.4, 0.5) is 0 Å². The monoisotopic (exact) mass is 285 g/mol. The van der Waals surface area contributed by atoms with Crippen LogP contribution < -0.4 is 10.1 Å². The Balaban J connectivity index is 2.51. The normalized spacial score (nSPS) is 11.3. The molecule has 0 fully saturated rings. The van der Waals surface area contributed by atoms with Gasteiger partial charge in [0.15, 0.2) is 0 Å². The Morgan fingerprint density at radius 3 is 2.74 bits per heavy atom. The van der Waals surface area contributed by atoms with Crippen LogP contribution in [0.3, 0.4) is 0 Å². The minimum atomic E-state index is 0.610. The number of pyridine rings is 1. The van der Waals surface area contributed by atoms with E-state index in [0.29, 0.717) is 30.0 Å². The molecule has 1 N–H and O–H groups in total. The van der Waals surface area contributed by atoms with Gasteiger partial charge in [-0.2, -0.15) is 0 Å². The van der Waals surface area contributed by atoms with Gasteiger partial charge in [-0.3, -0.25) is 0 Å². The van der Waals surface area contributed by atoms with Crippen LogP contribution in [0.2, 0.25) is 5.02 Å². The second-order valence-electron chi connectivity index (χ2n) is 5.25. The Kier molecular flexibility index (Phi) is 7.13. The van der Waals surface area contributed by atoms with Gasteiger partial charge in [0.1, 0.15) is 6.61 Å². The molecule has 0 amide bonds. The van der Waals surface area contributed by atoms with Crippen molar-refractivity contribution in [3.63, 3.8) is 0 Å². The molecular formula is C14H24ClN3O. The SMILES string of the molecule is CC(C)CNCc1nc(OCCN(C)C)ccc1Cl. The van der Waals surface area contributed by atoms with E-state index >= 15 is 0 Å². The summed E-state index contributed by atoms with van der Waals surface area (Å²) >= 11 is 6.13. The average Bonchev–Trinajstić information content (AvgIpc) is 2.32. The second-order valence-corrected chi connectivity index (χ2v) is 5.66. The maximum absolute atomic E-state index is 6.13. The van der Waals surface area contributed by atoms with E-state index in [1.165, 1.54) is 0 Å². The van der Waals surface area contributed by atoms with Crippen LogP contribution >= 0.6 is 11.6 Å². The molecular weight excluding hydrogens is 262 g/mol. The summed E-state index contributed by atoms with van der Waals surface area (Å²) in [5, 5.41) is 4.01. The molecule has 0 unspecified atom stereocenters. The molecule has 0 radical (unpaired) electrons. The predicted octanol–water partition coefficient (Wildman–Crippen LogP) is 2.42. The fourth-order valence-corrected chi connectivity index (χ4v) is 1.65. The molecule has 0 atom stereocenters. The number of hydrogen-bond acceptors (Lipinski definition) is 4. The summed E-state index contributed by atoms with van der Waals surface area (Å²) in [5.41, 5.74) is 0.838. The largest absolute Gasteiger partial charge is 0.476 e. The number of ether oxygens (including phenoxy) is 1. The van der Waals surface area contributed by atoms with Crippen molar-refractivity contribution < 1.29 is 4.74 Å². The van der Waals surface area contributed by atoms with Crippen molar-refractivity contribution in [2.75, 3.05) is 33.8 Å². The molecule has 0 saturated carbocycles. The third-order valence-electron chi connectivity index (χ3n) is 2.53. The Morgan fingerprint density at radius 2 is 2.11 bits per heavy atom. The first-order valence-electron chi connectivity index (χ1n) is 6.62. The molecule has 0 aliphatic carbocycles. The molecule has 108 valence electrons. The molecule has 19 heavy (non-hydrogen) atoms. The summed E-state index contributed by atoms with van der Waals surface area (Å²) in [6, 6.07) is 3.65. The van der Waals surface area contributed by atoms with E-state index in [1.807, 2.05) is 26.2 Å². The van der Waals surface area contributed by atoms with Crippen molar-refractivity contribution in [1.82, 2.24) is 15.2 Å². The lowest BCUT2D eigenvalue weighted by Gasteiger charge is -2.12. The lowest BCUT2D eigenvalue weighted by Crippen LogP contribution is -2.21. The fourth-order valence-electron chi connectivity index (χ4n) is 1.48. The van der Waals surface area contributed by atoms with E-state index in [0.717, 1.165) is 18.8 Å². The van der Waals surface area contributed by atoms with Crippen LogP contribution in [-0.2, 0) is 6.54 Å². The summed E-state index contributed by atoms with van der Waals surface area (Å²) in [4.78, 5) is 6.50. The maximum Gasteiger partial charge on any atom is 0.213 e. The lowest BCUT2D eigenvalue weighted by atomic mass is 10.2. The smallest absolute Gasteiger partial charge is 0.213 e. The molecule has 1 rings (SSSR count). The highest BCUT2D eigenvalue weighted by atomic mass is 35.5. The van der Waals surface area contributed by atoms with E-state index in [4.69, 9.17) is 16.3 Å². The number of aromatic nitrogens is 1. The minimum absolute atomic E-state index is 0.610. The Bertz CT molecular complexity index is 383. The molecule has 0 aliphatic rings. The Hall–Kier alpha value is -0.840. The van der Waals surface area contributed by atoms with Gasteiger partial charge in [-0.1, -0.05) is 25.4 Å². The van der Waals surface area contributed by atoms with Gasteiger partial charge in [0.05, 0.1) is 10.7 Å².